The van der Waals surface area contributed by atoms with Gasteiger partial charge in [-0.2, -0.15) is 0 Å². The zero-order chi connectivity index (χ0) is 16.1. The van der Waals surface area contributed by atoms with Crippen molar-refractivity contribution in [2.75, 3.05) is 31.2 Å². The second kappa shape index (κ2) is 7.73. The van der Waals surface area contributed by atoms with E-state index in [0.29, 0.717) is 24.7 Å². The lowest BCUT2D eigenvalue weighted by Crippen LogP contribution is -2.37. The van der Waals surface area contributed by atoms with Gasteiger partial charge in [-0.25, -0.2) is 9.97 Å². The Labute approximate surface area is 137 Å². The number of hydrogen-bond donors (Lipinski definition) is 1. The molecule has 0 radical (unpaired) electrons. The summed E-state index contributed by atoms with van der Waals surface area (Å²) in [6, 6.07) is 2.00. The number of nitrogens with zero attached hydrogens (tertiary/aromatic N) is 3. The molecule has 23 heavy (non-hydrogen) atoms. The van der Waals surface area contributed by atoms with E-state index in [1.54, 1.807) is 0 Å². The fourth-order valence-corrected chi connectivity index (χ4v) is 3.37. The number of carbonyl (C=O) groups is 1. The van der Waals surface area contributed by atoms with Crippen molar-refractivity contribution in [1.29, 1.82) is 0 Å². The van der Waals surface area contributed by atoms with Crippen LogP contribution < -0.4 is 10.2 Å². The average molecular weight is 318 g/mol. The number of rotatable bonds is 5. The molecule has 0 aromatic carbocycles. The van der Waals surface area contributed by atoms with E-state index in [-0.39, 0.29) is 5.91 Å². The quantitative estimate of drug-likeness (QED) is 0.897. The maximum absolute atomic E-state index is 12.1. The van der Waals surface area contributed by atoms with Gasteiger partial charge in [0.15, 0.2) is 0 Å². The Bertz CT molecular complexity index is 537. The molecule has 1 saturated carbocycles. The highest BCUT2D eigenvalue weighted by Gasteiger charge is 2.19. The highest BCUT2D eigenvalue weighted by Crippen LogP contribution is 2.27. The lowest BCUT2D eigenvalue weighted by molar-refractivity contribution is -0.122. The molecule has 0 unspecified atom stereocenters. The molecule has 126 valence electrons. The summed E-state index contributed by atoms with van der Waals surface area (Å²) in [5.41, 5.74) is 0.932. The molecule has 0 atom stereocenters. The smallest absolute Gasteiger partial charge is 0.220 e. The molecule has 1 amide bonds. The van der Waals surface area contributed by atoms with Gasteiger partial charge in [0, 0.05) is 31.3 Å². The molecule has 1 aliphatic carbocycles. The monoisotopic (exact) mass is 318 g/mol. The van der Waals surface area contributed by atoms with E-state index in [1.165, 1.54) is 25.7 Å². The lowest BCUT2D eigenvalue weighted by Gasteiger charge is -2.28. The summed E-state index contributed by atoms with van der Waals surface area (Å²) in [4.78, 5) is 23.3. The Hall–Kier alpha value is -1.69. The van der Waals surface area contributed by atoms with Crippen LogP contribution in [0.25, 0.3) is 0 Å². The van der Waals surface area contributed by atoms with E-state index in [2.05, 4.69) is 20.2 Å². The van der Waals surface area contributed by atoms with Crippen LogP contribution in [0.4, 0.5) is 5.82 Å². The van der Waals surface area contributed by atoms with E-state index in [9.17, 15) is 4.79 Å². The third-order valence-corrected chi connectivity index (χ3v) is 4.61. The van der Waals surface area contributed by atoms with E-state index in [1.807, 2.05) is 13.0 Å². The van der Waals surface area contributed by atoms with Gasteiger partial charge < -0.3 is 15.0 Å². The first-order valence-corrected chi connectivity index (χ1v) is 8.64. The highest BCUT2D eigenvalue weighted by molar-refractivity contribution is 5.76. The first-order chi connectivity index (χ1) is 11.2. The summed E-state index contributed by atoms with van der Waals surface area (Å²) in [5.74, 6) is 2.30. The maximum Gasteiger partial charge on any atom is 0.220 e. The second-order valence-corrected chi connectivity index (χ2v) is 6.51. The molecule has 6 nitrogen and oxygen atoms in total. The Kier molecular flexibility index (Phi) is 5.43. The molecule has 1 aromatic rings. The van der Waals surface area contributed by atoms with Crippen LogP contribution in [0.3, 0.4) is 0 Å². The summed E-state index contributed by atoms with van der Waals surface area (Å²) in [6.45, 7) is 5.54. The number of hydrogen-bond acceptors (Lipinski definition) is 5. The van der Waals surface area contributed by atoms with Crippen molar-refractivity contribution in [3.8, 4) is 0 Å². The zero-order valence-corrected chi connectivity index (χ0v) is 13.9. The molecule has 2 heterocycles. The van der Waals surface area contributed by atoms with E-state index in [0.717, 1.165) is 37.8 Å². The van der Waals surface area contributed by atoms with Crippen molar-refractivity contribution in [2.24, 2.45) is 5.92 Å². The number of amides is 1. The SMILES string of the molecule is Cc1cc(N2CCOCC2)nc(CNC(=O)CC2CCCC2)n1. The van der Waals surface area contributed by atoms with Gasteiger partial charge in [-0.05, 0) is 25.7 Å². The average Bonchev–Trinajstić information content (AvgIpc) is 3.06. The number of anilines is 1. The van der Waals surface area contributed by atoms with Crippen LogP contribution in [-0.2, 0) is 16.1 Å². The van der Waals surface area contributed by atoms with E-state index in [4.69, 9.17) is 4.74 Å². The standard InChI is InChI=1S/C17H26N4O2/c1-13-10-16(21-6-8-23-9-7-21)20-15(19-13)12-18-17(22)11-14-4-2-3-5-14/h10,14H,2-9,11-12H2,1H3,(H,18,22). The molecule has 2 aliphatic rings. The highest BCUT2D eigenvalue weighted by atomic mass is 16.5. The van der Waals surface area contributed by atoms with Gasteiger partial charge in [-0.15, -0.1) is 0 Å². The number of ether oxygens (including phenoxy) is 1. The van der Waals surface area contributed by atoms with Gasteiger partial charge >= 0.3 is 0 Å². The molecule has 0 spiro atoms. The minimum absolute atomic E-state index is 0.120. The number of nitrogens with one attached hydrogen (secondary N) is 1. The van der Waals surface area contributed by atoms with Crippen LogP contribution in [0.2, 0.25) is 0 Å². The van der Waals surface area contributed by atoms with Crippen molar-refractivity contribution in [3.05, 3.63) is 17.6 Å². The van der Waals surface area contributed by atoms with Gasteiger partial charge in [0.1, 0.15) is 11.6 Å². The minimum atomic E-state index is 0.120. The molecule has 0 bridgehead atoms. The van der Waals surface area contributed by atoms with Gasteiger partial charge in [0.25, 0.3) is 0 Å². The lowest BCUT2D eigenvalue weighted by atomic mass is 10.0. The van der Waals surface area contributed by atoms with Gasteiger partial charge in [0.05, 0.1) is 19.8 Å². The molecule has 1 saturated heterocycles. The van der Waals surface area contributed by atoms with E-state index < -0.39 is 0 Å². The van der Waals surface area contributed by atoms with Crippen LogP contribution in [0.1, 0.15) is 43.6 Å². The molecule has 2 fully saturated rings. The predicted octanol–water partition coefficient (Wildman–Crippen LogP) is 1.82. The molecule has 1 aromatic heterocycles. The number of aromatic nitrogens is 2. The third-order valence-electron chi connectivity index (χ3n) is 4.61. The third kappa shape index (κ3) is 4.64. The largest absolute Gasteiger partial charge is 0.378 e. The Morgan fingerprint density at radius 1 is 1.30 bits per heavy atom. The van der Waals surface area contributed by atoms with Crippen LogP contribution >= 0.6 is 0 Å². The second-order valence-electron chi connectivity index (χ2n) is 6.51. The zero-order valence-electron chi connectivity index (χ0n) is 13.9. The van der Waals surface area contributed by atoms with Crippen LogP contribution in [0, 0.1) is 12.8 Å². The van der Waals surface area contributed by atoms with Gasteiger partial charge in [-0.3, -0.25) is 4.79 Å². The van der Waals surface area contributed by atoms with Crippen LogP contribution in [0.15, 0.2) is 6.07 Å². The van der Waals surface area contributed by atoms with Crippen molar-refractivity contribution in [2.45, 2.75) is 45.6 Å². The molecule has 1 aliphatic heterocycles. The van der Waals surface area contributed by atoms with Crippen molar-refractivity contribution in [3.63, 3.8) is 0 Å². The van der Waals surface area contributed by atoms with Gasteiger partial charge in [0.2, 0.25) is 5.91 Å². The molecule has 1 N–H and O–H groups in total. The minimum Gasteiger partial charge on any atom is -0.378 e. The first-order valence-electron chi connectivity index (χ1n) is 8.64. The molecular weight excluding hydrogens is 292 g/mol. The predicted molar refractivity (Wildman–Crippen MR) is 88.2 cm³/mol. The molecular formula is C17H26N4O2. The first kappa shape index (κ1) is 16.2. The Morgan fingerprint density at radius 3 is 2.78 bits per heavy atom. The maximum atomic E-state index is 12.1. The summed E-state index contributed by atoms with van der Waals surface area (Å²) in [6.07, 6.45) is 5.55. The van der Waals surface area contributed by atoms with Crippen molar-refractivity contribution in [1.82, 2.24) is 15.3 Å². The fraction of sp³-hybridized carbons (Fsp3) is 0.706. The molecule has 6 heteroatoms. The Balaban J connectivity index is 1.56. The summed E-state index contributed by atoms with van der Waals surface area (Å²) < 4.78 is 5.38. The van der Waals surface area contributed by atoms with Crippen LogP contribution in [-0.4, -0.2) is 42.2 Å². The number of morpholine rings is 1. The normalized spacial score (nSPS) is 19.1. The van der Waals surface area contributed by atoms with Gasteiger partial charge in [-0.1, -0.05) is 12.8 Å². The number of carbonyl (C=O) groups excluding carboxylic acids is 1. The molecule has 3 rings (SSSR count). The van der Waals surface area contributed by atoms with E-state index >= 15 is 0 Å². The number of aryl methyl sites for hydroxylation is 1. The summed E-state index contributed by atoms with van der Waals surface area (Å²) in [5, 5.41) is 2.98. The topological polar surface area (TPSA) is 67.3 Å². The fourth-order valence-electron chi connectivity index (χ4n) is 3.37. The van der Waals surface area contributed by atoms with Crippen molar-refractivity contribution < 1.29 is 9.53 Å². The van der Waals surface area contributed by atoms with Crippen molar-refractivity contribution >= 4 is 11.7 Å². The Morgan fingerprint density at radius 2 is 2.04 bits per heavy atom. The summed E-state index contributed by atoms with van der Waals surface area (Å²) >= 11 is 0. The summed E-state index contributed by atoms with van der Waals surface area (Å²) in [7, 11) is 0. The van der Waals surface area contributed by atoms with Crippen LogP contribution in [0.5, 0.6) is 0 Å².